The molecule has 0 rings (SSSR count). The van der Waals surface area contributed by atoms with Crippen LogP contribution in [0, 0.1) is 0 Å². The molecule has 0 bridgehead atoms. The zero-order valence-electron chi connectivity index (χ0n) is 17.3. The number of rotatable bonds is 10. The maximum Gasteiger partial charge on any atom is 0.460 e. The molecule has 0 aliphatic carbocycles. The monoisotopic (exact) mass is 730 g/mol. The Balaban J connectivity index is 7.18. The van der Waals surface area contributed by atoms with Crippen molar-refractivity contribution in [1.82, 2.24) is 0 Å². The van der Waals surface area contributed by atoms with Crippen molar-refractivity contribution in [3.05, 3.63) is 9.66 Å². The zero-order valence-corrected chi connectivity index (χ0v) is 19.5. The Morgan fingerprint density at radius 3 is 0.868 bits per heavy atom. The molecule has 0 saturated carbocycles. The largest absolute Gasteiger partial charge is 0.460 e. The third-order valence-corrected chi connectivity index (χ3v) is 6.06. The molecule has 0 heterocycles. The molecule has 0 fully saturated rings. The number of hydrogen-bond donors (Lipinski definition) is 1. The third kappa shape index (κ3) is 4.87. The number of hydrogen-bond acceptors (Lipinski definition) is 1. The fourth-order valence-electron chi connectivity index (χ4n) is 2.00. The van der Waals surface area contributed by atoms with Crippen molar-refractivity contribution in [3.8, 4) is 0 Å². The van der Waals surface area contributed by atoms with Gasteiger partial charge in [0.2, 0.25) is 0 Å². The first-order valence-electron chi connectivity index (χ1n) is 8.46. The minimum atomic E-state index is -9.20. The molecule has 0 aromatic carbocycles. The summed E-state index contributed by atoms with van der Waals surface area (Å²) in [6.45, 7) is 0.917. The second-order valence-electron chi connectivity index (χ2n) is 7.77. The van der Waals surface area contributed by atoms with E-state index in [2.05, 4.69) is 0 Å². The molecule has 0 aromatic rings. The molecule has 1 N–H and O–H groups in total. The molecule has 0 amide bonds. The van der Waals surface area contributed by atoms with Crippen molar-refractivity contribution in [2.45, 2.75) is 78.9 Å². The summed E-state index contributed by atoms with van der Waals surface area (Å²) < 4.78 is 277. The lowest BCUT2D eigenvalue weighted by Crippen LogP contribution is -2.76. The first-order valence-corrected chi connectivity index (χ1v) is 9.54. The topological polar surface area (TPSA) is 20.2 Å². The van der Waals surface area contributed by atoms with Crippen LogP contribution in [0.25, 0.3) is 0 Å². The van der Waals surface area contributed by atoms with Crippen LogP contribution in [0.4, 0.5) is 92.2 Å². The minimum Gasteiger partial charge on any atom is -0.385 e. The molecule has 0 saturated heterocycles. The second-order valence-corrected chi connectivity index (χ2v) is 8.93. The summed E-state index contributed by atoms with van der Waals surface area (Å²) in [4.78, 5) is 0. The molecular formula is C15H8F21IO. The molecule has 0 aliphatic rings. The highest BCUT2D eigenvalue weighted by Gasteiger charge is 2.97. The SMILES string of the molecule is CC(C)(O)C(I)=CC(F)(F)C(F)(F)C(F)(F)C(F)(F)C(F)(F)C(F)(F)C(F)(F)C(F)(F)C(F)(F)C(F)(F)F. The van der Waals surface area contributed by atoms with Gasteiger partial charge in [-0.25, -0.2) is 0 Å². The lowest BCUT2D eigenvalue weighted by Gasteiger charge is -2.44. The van der Waals surface area contributed by atoms with E-state index in [1.54, 1.807) is 0 Å². The molecule has 0 atom stereocenters. The van der Waals surface area contributed by atoms with Crippen LogP contribution in [0.2, 0.25) is 0 Å². The van der Waals surface area contributed by atoms with Crippen LogP contribution in [0.1, 0.15) is 13.8 Å². The van der Waals surface area contributed by atoms with Crippen molar-refractivity contribution >= 4 is 22.6 Å². The van der Waals surface area contributed by atoms with Gasteiger partial charge in [0.15, 0.2) is 0 Å². The molecule has 38 heavy (non-hydrogen) atoms. The van der Waals surface area contributed by atoms with Crippen LogP contribution >= 0.6 is 22.6 Å². The van der Waals surface area contributed by atoms with E-state index < -0.39 is 74.7 Å². The van der Waals surface area contributed by atoms with Crippen molar-refractivity contribution in [2.75, 3.05) is 0 Å². The van der Waals surface area contributed by atoms with Crippen LogP contribution in [-0.2, 0) is 0 Å². The zero-order chi connectivity index (χ0) is 31.8. The Labute approximate surface area is 209 Å². The van der Waals surface area contributed by atoms with E-state index >= 15 is 0 Å². The lowest BCUT2D eigenvalue weighted by molar-refractivity contribution is -0.473. The van der Waals surface area contributed by atoms with Crippen LogP contribution in [0.15, 0.2) is 9.66 Å². The molecule has 0 aliphatic heterocycles. The smallest absolute Gasteiger partial charge is 0.385 e. The van der Waals surface area contributed by atoms with Gasteiger partial charge in [-0.2, -0.15) is 92.2 Å². The maximum absolute atomic E-state index is 13.7. The third-order valence-electron chi connectivity index (χ3n) is 4.43. The summed E-state index contributed by atoms with van der Waals surface area (Å²) in [7, 11) is 0. The fraction of sp³-hybridized carbons (Fsp3) is 0.867. The fourth-order valence-corrected chi connectivity index (χ4v) is 2.39. The van der Waals surface area contributed by atoms with Crippen molar-refractivity contribution in [3.63, 3.8) is 0 Å². The number of halogens is 22. The molecule has 0 aromatic heterocycles. The second kappa shape index (κ2) is 9.24. The predicted molar refractivity (Wildman–Crippen MR) is 89.0 cm³/mol. The van der Waals surface area contributed by atoms with E-state index in [9.17, 15) is 97.3 Å². The van der Waals surface area contributed by atoms with Gasteiger partial charge < -0.3 is 5.11 Å². The molecule has 0 radical (unpaired) electrons. The predicted octanol–water partition coefficient (Wildman–Crippen LogP) is 8.36. The van der Waals surface area contributed by atoms with Gasteiger partial charge in [0, 0.05) is 9.66 Å². The lowest BCUT2D eigenvalue weighted by atomic mass is 9.86. The summed E-state index contributed by atoms with van der Waals surface area (Å²) in [6, 6.07) is 0. The number of allylic oxidation sites excluding steroid dienone is 1. The van der Waals surface area contributed by atoms with E-state index in [1.807, 2.05) is 0 Å². The normalized spacial score (nSPS) is 17.2. The highest BCUT2D eigenvalue weighted by molar-refractivity contribution is 14.1. The molecule has 228 valence electrons. The quantitative estimate of drug-likeness (QED) is 0.177. The van der Waals surface area contributed by atoms with Gasteiger partial charge in [-0.1, -0.05) is 0 Å². The van der Waals surface area contributed by atoms with Crippen molar-refractivity contribution < 1.29 is 97.3 Å². The molecule has 1 nitrogen and oxygen atoms in total. The first kappa shape index (κ1) is 37.0. The average Bonchev–Trinajstić information content (AvgIpc) is 2.64. The summed E-state index contributed by atoms with van der Waals surface area (Å²) in [5.41, 5.74) is -2.69. The van der Waals surface area contributed by atoms with Crippen LogP contribution < -0.4 is 0 Å². The van der Waals surface area contributed by atoms with Crippen LogP contribution in [0.3, 0.4) is 0 Å². The summed E-state index contributed by atoms with van der Waals surface area (Å²) in [6.07, 6.45) is -9.52. The Bertz CT molecular complexity index is 907. The van der Waals surface area contributed by atoms with E-state index in [4.69, 9.17) is 0 Å². The van der Waals surface area contributed by atoms with E-state index in [0.29, 0.717) is 36.4 Å². The van der Waals surface area contributed by atoms with Gasteiger partial charge in [0.1, 0.15) is 0 Å². The van der Waals surface area contributed by atoms with Gasteiger partial charge >= 0.3 is 59.5 Å². The van der Waals surface area contributed by atoms with Gasteiger partial charge in [0.25, 0.3) is 0 Å². The van der Waals surface area contributed by atoms with E-state index in [1.165, 1.54) is 0 Å². The Morgan fingerprint density at radius 2 is 0.658 bits per heavy atom. The summed E-state index contributed by atoms with van der Waals surface area (Å²) in [5, 5.41) is 9.30. The number of alkyl halides is 21. The van der Waals surface area contributed by atoms with E-state index in [0.717, 1.165) is 0 Å². The van der Waals surface area contributed by atoms with Crippen molar-refractivity contribution in [2.24, 2.45) is 0 Å². The molecular weight excluding hydrogens is 722 g/mol. The highest BCUT2D eigenvalue weighted by Crippen LogP contribution is 2.66. The Hall–Kier alpha value is -1.04. The Kier molecular flexibility index (Phi) is 8.99. The Morgan fingerprint density at radius 1 is 0.447 bits per heavy atom. The van der Waals surface area contributed by atoms with Crippen molar-refractivity contribution in [1.29, 1.82) is 0 Å². The molecule has 23 heteroatoms. The average molecular weight is 730 g/mol. The highest BCUT2D eigenvalue weighted by atomic mass is 127. The maximum atomic E-state index is 13.7. The molecule has 0 unspecified atom stereocenters. The number of aliphatic hydroxyl groups is 1. The van der Waals surface area contributed by atoms with Gasteiger partial charge in [-0.05, 0) is 36.4 Å². The summed E-state index contributed by atoms with van der Waals surface area (Å²) in [5.74, 6) is -77.5. The first-order chi connectivity index (χ1) is 15.9. The van der Waals surface area contributed by atoms with E-state index in [-0.39, 0.29) is 0 Å². The summed E-state index contributed by atoms with van der Waals surface area (Å²) >= 11 is 0.476. The minimum absolute atomic E-state index is 0.458. The van der Waals surface area contributed by atoms with Gasteiger partial charge in [0.05, 0.1) is 5.60 Å². The standard InChI is InChI=1S/C15H8F21IO/c1-5(2,38)4(37)3-6(16,17)7(18,19)8(20,21)9(22,23)10(24,25)11(26,27)12(28,29)13(30,31)14(32,33)15(34,35)36/h3,38H,1-2H3. The van der Waals surface area contributed by atoms with Gasteiger partial charge in [-0.15, -0.1) is 0 Å². The van der Waals surface area contributed by atoms with Crippen LogP contribution in [0.5, 0.6) is 0 Å². The molecule has 0 spiro atoms. The van der Waals surface area contributed by atoms with Crippen LogP contribution in [-0.4, -0.2) is 70.2 Å². The van der Waals surface area contributed by atoms with Gasteiger partial charge in [-0.3, -0.25) is 0 Å².